The van der Waals surface area contributed by atoms with Crippen molar-refractivity contribution in [2.45, 2.75) is 25.8 Å². The van der Waals surface area contributed by atoms with Gasteiger partial charge in [0.15, 0.2) is 0 Å². The summed E-state index contributed by atoms with van der Waals surface area (Å²) in [5.41, 5.74) is 5.57. The summed E-state index contributed by atoms with van der Waals surface area (Å²) in [5, 5.41) is 2.61. The summed E-state index contributed by atoms with van der Waals surface area (Å²) in [4.78, 5) is 25.8. The summed E-state index contributed by atoms with van der Waals surface area (Å²) in [6.45, 7) is 3.12. The van der Waals surface area contributed by atoms with Crippen LogP contribution in [0.5, 0.6) is 0 Å². The number of benzene rings is 1. The van der Waals surface area contributed by atoms with Gasteiger partial charge in [0.05, 0.1) is 5.69 Å². The first-order chi connectivity index (χ1) is 9.49. The number of nitrogen functional groups attached to an aromatic ring is 1. The highest BCUT2D eigenvalue weighted by Crippen LogP contribution is 2.13. The highest BCUT2D eigenvalue weighted by Gasteiger charge is 2.24. The third-order valence-electron chi connectivity index (χ3n) is 3.39. The van der Waals surface area contributed by atoms with Crippen molar-refractivity contribution in [3.63, 3.8) is 0 Å². The van der Waals surface area contributed by atoms with Crippen molar-refractivity contribution in [3.8, 4) is 0 Å². The van der Waals surface area contributed by atoms with Gasteiger partial charge in [0, 0.05) is 18.7 Å². The lowest BCUT2D eigenvalue weighted by atomic mass is 10.1. The third-order valence-corrected chi connectivity index (χ3v) is 3.39. The first-order valence-corrected chi connectivity index (χ1v) is 6.63. The molecule has 1 aromatic rings. The maximum atomic E-state index is 13.0. The molecule has 5 nitrogen and oxygen atoms in total. The van der Waals surface area contributed by atoms with E-state index < -0.39 is 17.8 Å². The van der Waals surface area contributed by atoms with Crippen LogP contribution < -0.4 is 11.1 Å². The lowest BCUT2D eigenvalue weighted by Gasteiger charge is -2.21. The number of nitrogens with two attached hydrogens (primary N) is 1. The fraction of sp³-hybridized carbons (Fsp3) is 0.429. The monoisotopic (exact) mass is 279 g/mol. The summed E-state index contributed by atoms with van der Waals surface area (Å²) in [6.07, 6.45) is 2.00. The molecule has 2 amide bonds. The molecule has 3 N–H and O–H groups in total. The minimum Gasteiger partial charge on any atom is -0.396 e. The van der Waals surface area contributed by atoms with Crippen molar-refractivity contribution in [2.75, 3.05) is 18.8 Å². The number of carbonyl (C=O) groups is 2. The summed E-state index contributed by atoms with van der Waals surface area (Å²) in [5.74, 6) is -1.09. The van der Waals surface area contributed by atoms with Gasteiger partial charge in [-0.05, 0) is 38.0 Å². The van der Waals surface area contributed by atoms with Crippen LogP contribution >= 0.6 is 0 Å². The molecule has 0 radical (unpaired) electrons. The average Bonchev–Trinajstić information content (AvgIpc) is 2.94. The summed E-state index contributed by atoms with van der Waals surface area (Å²) in [7, 11) is 0. The van der Waals surface area contributed by atoms with Crippen LogP contribution in [0.2, 0.25) is 0 Å². The van der Waals surface area contributed by atoms with E-state index in [9.17, 15) is 14.0 Å². The molecule has 2 rings (SSSR count). The van der Waals surface area contributed by atoms with Gasteiger partial charge in [0.25, 0.3) is 5.91 Å². The Morgan fingerprint density at radius 3 is 2.60 bits per heavy atom. The van der Waals surface area contributed by atoms with Crippen LogP contribution in [-0.4, -0.2) is 35.8 Å². The molecule has 1 saturated heterocycles. The fourth-order valence-corrected chi connectivity index (χ4v) is 2.24. The van der Waals surface area contributed by atoms with E-state index in [1.807, 2.05) is 0 Å². The molecule has 0 saturated carbocycles. The van der Waals surface area contributed by atoms with Gasteiger partial charge in [-0.15, -0.1) is 0 Å². The Morgan fingerprint density at radius 2 is 2.00 bits per heavy atom. The molecule has 1 aliphatic heterocycles. The molecule has 20 heavy (non-hydrogen) atoms. The predicted molar refractivity (Wildman–Crippen MR) is 73.6 cm³/mol. The molecular weight excluding hydrogens is 261 g/mol. The van der Waals surface area contributed by atoms with Gasteiger partial charge in [-0.1, -0.05) is 0 Å². The van der Waals surface area contributed by atoms with Crippen LogP contribution in [0.3, 0.4) is 0 Å². The summed E-state index contributed by atoms with van der Waals surface area (Å²) < 4.78 is 13.0. The molecule has 0 bridgehead atoms. The lowest BCUT2D eigenvalue weighted by molar-refractivity contribution is -0.131. The molecule has 0 aromatic heterocycles. The SMILES string of the molecule is CC(NC(=O)c1ccc(F)c(N)c1)C(=O)N1CCCC1. The molecule has 1 unspecified atom stereocenters. The topological polar surface area (TPSA) is 75.4 Å². The van der Waals surface area contributed by atoms with E-state index in [1.54, 1.807) is 11.8 Å². The summed E-state index contributed by atoms with van der Waals surface area (Å²) in [6, 6.07) is 3.13. The second kappa shape index (κ2) is 5.90. The maximum absolute atomic E-state index is 13.0. The smallest absolute Gasteiger partial charge is 0.251 e. The van der Waals surface area contributed by atoms with Crippen LogP contribution in [-0.2, 0) is 4.79 Å². The molecule has 0 aliphatic carbocycles. The molecule has 1 fully saturated rings. The zero-order valence-electron chi connectivity index (χ0n) is 11.4. The van der Waals surface area contributed by atoms with Crippen molar-refractivity contribution < 1.29 is 14.0 Å². The number of nitrogens with zero attached hydrogens (tertiary/aromatic N) is 1. The first kappa shape index (κ1) is 14.3. The normalized spacial score (nSPS) is 16.0. The number of anilines is 1. The first-order valence-electron chi connectivity index (χ1n) is 6.63. The van der Waals surface area contributed by atoms with Crippen LogP contribution in [0.15, 0.2) is 18.2 Å². The molecule has 1 aromatic carbocycles. The van der Waals surface area contributed by atoms with Crippen LogP contribution in [0, 0.1) is 5.82 Å². The standard InChI is InChI=1S/C14H18FN3O2/c1-9(14(20)18-6-2-3-7-18)17-13(19)10-4-5-11(15)12(16)8-10/h4-5,8-9H,2-3,6-7,16H2,1H3,(H,17,19). The second-order valence-corrected chi connectivity index (χ2v) is 4.96. The van der Waals surface area contributed by atoms with E-state index in [1.165, 1.54) is 12.1 Å². The Hall–Kier alpha value is -2.11. The van der Waals surface area contributed by atoms with Gasteiger partial charge in [0.2, 0.25) is 5.91 Å². The number of likely N-dealkylation sites (tertiary alicyclic amines) is 1. The van der Waals surface area contributed by atoms with Gasteiger partial charge >= 0.3 is 0 Å². The third kappa shape index (κ3) is 3.07. The quantitative estimate of drug-likeness (QED) is 0.815. The molecule has 1 atom stereocenters. The minimum atomic E-state index is -0.605. The van der Waals surface area contributed by atoms with E-state index in [2.05, 4.69) is 5.32 Å². The Balaban J connectivity index is 1.99. The molecule has 6 heteroatoms. The van der Waals surface area contributed by atoms with Gasteiger partial charge in [-0.3, -0.25) is 9.59 Å². The lowest BCUT2D eigenvalue weighted by Crippen LogP contribution is -2.45. The van der Waals surface area contributed by atoms with Crippen molar-refractivity contribution >= 4 is 17.5 Å². The average molecular weight is 279 g/mol. The van der Waals surface area contributed by atoms with Crippen LogP contribution in [0.25, 0.3) is 0 Å². The van der Waals surface area contributed by atoms with Crippen molar-refractivity contribution in [1.82, 2.24) is 10.2 Å². The van der Waals surface area contributed by atoms with Crippen molar-refractivity contribution in [1.29, 1.82) is 0 Å². The number of hydrogen-bond donors (Lipinski definition) is 2. The van der Waals surface area contributed by atoms with E-state index in [-0.39, 0.29) is 17.2 Å². The van der Waals surface area contributed by atoms with Gasteiger partial charge in [-0.2, -0.15) is 0 Å². The van der Waals surface area contributed by atoms with E-state index in [0.717, 1.165) is 32.0 Å². The number of rotatable bonds is 3. The van der Waals surface area contributed by atoms with Crippen molar-refractivity contribution in [3.05, 3.63) is 29.6 Å². The Labute approximate surface area is 116 Å². The Morgan fingerprint density at radius 1 is 1.35 bits per heavy atom. The molecule has 1 heterocycles. The number of amides is 2. The maximum Gasteiger partial charge on any atom is 0.251 e. The number of halogens is 1. The Bertz CT molecular complexity index is 527. The van der Waals surface area contributed by atoms with Gasteiger partial charge in [-0.25, -0.2) is 4.39 Å². The summed E-state index contributed by atoms with van der Waals surface area (Å²) >= 11 is 0. The van der Waals surface area contributed by atoms with Gasteiger partial charge < -0.3 is 16.0 Å². The molecule has 1 aliphatic rings. The highest BCUT2D eigenvalue weighted by atomic mass is 19.1. The second-order valence-electron chi connectivity index (χ2n) is 4.96. The molecular formula is C14H18FN3O2. The van der Waals surface area contributed by atoms with Crippen molar-refractivity contribution in [2.24, 2.45) is 0 Å². The van der Waals surface area contributed by atoms with E-state index in [0.29, 0.717) is 0 Å². The number of hydrogen-bond acceptors (Lipinski definition) is 3. The van der Waals surface area contributed by atoms with Crippen LogP contribution in [0.4, 0.5) is 10.1 Å². The minimum absolute atomic E-state index is 0.0869. The molecule has 108 valence electrons. The highest BCUT2D eigenvalue weighted by molar-refractivity contribution is 5.98. The number of nitrogens with one attached hydrogen (secondary N) is 1. The number of carbonyl (C=O) groups excluding carboxylic acids is 2. The van der Waals surface area contributed by atoms with Crippen LogP contribution in [0.1, 0.15) is 30.1 Å². The Kier molecular flexibility index (Phi) is 4.22. The fourth-order valence-electron chi connectivity index (χ4n) is 2.24. The zero-order chi connectivity index (χ0) is 14.7. The largest absolute Gasteiger partial charge is 0.396 e. The van der Waals surface area contributed by atoms with E-state index >= 15 is 0 Å². The van der Waals surface area contributed by atoms with E-state index in [4.69, 9.17) is 5.73 Å². The zero-order valence-corrected chi connectivity index (χ0v) is 11.4. The molecule has 0 spiro atoms. The van der Waals surface area contributed by atoms with Gasteiger partial charge in [0.1, 0.15) is 11.9 Å². The predicted octanol–water partition coefficient (Wildman–Crippen LogP) is 1.15.